The minimum Gasteiger partial charge on any atom is -0.385 e. The Morgan fingerprint density at radius 2 is 1.88 bits per heavy atom. The van der Waals surface area contributed by atoms with E-state index < -0.39 is 0 Å². The Bertz CT molecular complexity index is 185. The molecule has 0 aromatic heterocycles. The Balaban J connectivity index is 2.16. The van der Waals surface area contributed by atoms with Crippen LogP contribution in [0.1, 0.15) is 58.8 Å². The summed E-state index contributed by atoms with van der Waals surface area (Å²) in [5.41, 5.74) is 0.620. The zero-order chi connectivity index (χ0) is 12.6. The predicted octanol–water partition coefficient (Wildman–Crippen LogP) is 3.61. The second kappa shape index (κ2) is 8.10. The number of hydrogen-bond acceptors (Lipinski definition) is 2. The van der Waals surface area contributed by atoms with Crippen LogP contribution in [-0.4, -0.2) is 26.8 Å². The first kappa shape index (κ1) is 15.0. The maximum atomic E-state index is 5.07. The molecule has 0 unspecified atom stereocenters. The van der Waals surface area contributed by atoms with Gasteiger partial charge in [-0.1, -0.05) is 26.7 Å². The average molecular weight is 241 g/mol. The maximum Gasteiger partial charge on any atom is 0.0462 e. The molecule has 0 bridgehead atoms. The molecule has 1 aliphatic carbocycles. The molecular weight excluding hydrogens is 210 g/mol. The third-order valence-corrected chi connectivity index (χ3v) is 3.96. The van der Waals surface area contributed by atoms with Gasteiger partial charge in [0, 0.05) is 20.3 Å². The van der Waals surface area contributed by atoms with Gasteiger partial charge in [-0.3, -0.25) is 0 Å². The fourth-order valence-electron chi connectivity index (χ4n) is 3.29. The fraction of sp³-hybridized carbons (Fsp3) is 1.00. The van der Waals surface area contributed by atoms with E-state index in [2.05, 4.69) is 19.2 Å². The molecule has 0 amide bonds. The third kappa shape index (κ3) is 5.87. The van der Waals surface area contributed by atoms with E-state index in [0.717, 1.165) is 19.1 Å². The first-order valence-electron chi connectivity index (χ1n) is 7.38. The second-order valence-electron chi connectivity index (χ2n) is 6.18. The number of rotatable bonds is 9. The van der Waals surface area contributed by atoms with E-state index in [1.165, 1.54) is 51.5 Å². The molecule has 0 heterocycles. The fourth-order valence-corrected chi connectivity index (χ4v) is 3.29. The molecule has 0 aromatic rings. The lowest BCUT2D eigenvalue weighted by Crippen LogP contribution is -2.33. The number of ether oxygens (including phenoxy) is 1. The minimum atomic E-state index is 0.620. The van der Waals surface area contributed by atoms with Crippen molar-refractivity contribution in [2.75, 3.05) is 26.8 Å². The first-order valence-corrected chi connectivity index (χ1v) is 7.38. The lowest BCUT2D eigenvalue weighted by molar-refractivity contribution is 0.190. The molecule has 1 fully saturated rings. The largest absolute Gasteiger partial charge is 0.385 e. The number of nitrogens with one attached hydrogen (secondary N) is 1. The minimum absolute atomic E-state index is 0.620. The van der Waals surface area contributed by atoms with Crippen molar-refractivity contribution >= 4 is 0 Å². The molecule has 2 nitrogen and oxygen atoms in total. The highest BCUT2D eigenvalue weighted by molar-refractivity contribution is 4.87. The molecule has 0 radical (unpaired) electrons. The van der Waals surface area contributed by atoms with Crippen molar-refractivity contribution in [3.8, 4) is 0 Å². The maximum absolute atomic E-state index is 5.07. The van der Waals surface area contributed by atoms with Crippen LogP contribution in [0, 0.1) is 11.3 Å². The number of hydrogen-bond donors (Lipinski definition) is 1. The van der Waals surface area contributed by atoms with E-state index in [-0.39, 0.29) is 0 Å². The van der Waals surface area contributed by atoms with Crippen molar-refractivity contribution in [1.29, 1.82) is 0 Å². The van der Waals surface area contributed by atoms with Crippen LogP contribution < -0.4 is 5.32 Å². The SMILES string of the molecule is COCCCCNCC1(CC(C)C)CCCC1. The summed E-state index contributed by atoms with van der Waals surface area (Å²) in [4.78, 5) is 0. The summed E-state index contributed by atoms with van der Waals surface area (Å²) in [7, 11) is 1.78. The molecule has 0 aromatic carbocycles. The molecule has 2 heteroatoms. The predicted molar refractivity (Wildman–Crippen MR) is 74.3 cm³/mol. The highest BCUT2D eigenvalue weighted by Gasteiger charge is 2.33. The summed E-state index contributed by atoms with van der Waals surface area (Å²) < 4.78 is 5.07. The summed E-state index contributed by atoms with van der Waals surface area (Å²) in [6.07, 6.45) is 9.59. The highest BCUT2D eigenvalue weighted by Crippen LogP contribution is 2.42. The zero-order valence-electron chi connectivity index (χ0n) is 12.1. The van der Waals surface area contributed by atoms with Crippen molar-refractivity contribution in [1.82, 2.24) is 5.32 Å². The van der Waals surface area contributed by atoms with Crippen molar-refractivity contribution in [3.05, 3.63) is 0 Å². The lowest BCUT2D eigenvalue weighted by atomic mass is 9.78. The third-order valence-electron chi connectivity index (χ3n) is 3.96. The van der Waals surface area contributed by atoms with E-state index in [0.29, 0.717) is 5.41 Å². The average Bonchev–Trinajstić information content (AvgIpc) is 2.71. The molecule has 0 spiro atoms. The quantitative estimate of drug-likeness (QED) is 0.623. The molecule has 102 valence electrons. The van der Waals surface area contributed by atoms with Gasteiger partial charge in [-0.2, -0.15) is 0 Å². The topological polar surface area (TPSA) is 21.3 Å². The van der Waals surface area contributed by atoms with Crippen LogP contribution in [-0.2, 0) is 4.74 Å². The second-order valence-corrected chi connectivity index (χ2v) is 6.18. The van der Waals surface area contributed by atoms with E-state index in [1.807, 2.05) is 0 Å². The summed E-state index contributed by atoms with van der Waals surface area (Å²) in [5, 5.41) is 3.68. The monoisotopic (exact) mass is 241 g/mol. The lowest BCUT2D eigenvalue weighted by Gasteiger charge is -2.31. The molecule has 1 N–H and O–H groups in total. The van der Waals surface area contributed by atoms with Gasteiger partial charge in [-0.25, -0.2) is 0 Å². The van der Waals surface area contributed by atoms with Crippen LogP contribution >= 0.6 is 0 Å². The van der Waals surface area contributed by atoms with Crippen LogP contribution in [0.4, 0.5) is 0 Å². The Labute approximate surface area is 108 Å². The van der Waals surface area contributed by atoms with Crippen LogP contribution in [0.3, 0.4) is 0 Å². The van der Waals surface area contributed by atoms with Crippen molar-refractivity contribution in [3.63, 3.8) is 0 Å². The number of unbranched alkanes of at least 4 members (excludes halogenated alkanes) is 1. The van der Waals surface area contributed by atoms with Crippen LogP contribution in [0.25, 0.3) is 0 Å². The molecule has 1 aliphatic rings. The van der Waals surface area contributed by atoms with Gasteiger partial charge < -0.3 is 10.1 Å². The zero-order valence-corrected chi connectivity index (χ0v) is 12.1. The van der Waals surface area contributed by atoms with E-state index in [1.54, 1.807) is 7.11 Å². The summed E-state index contributed by atoms with van der Waals surface area (Å²) in [6, 6.07) is 0. The first-order chi connectivity index (χ1) is 8.18. The van der Waals surface area contributed by atoms with E-state index in [4.69, 9.17) is 4.74 Å². The van der Waals surface area contributed by atoms with Crippen molar-refractivity contribution < 1.29 is 4.74 Å². The summed E-state index contributed by atoms with van der Waals surface area (Å²) in [5.74, 6) is 0.836. The normalized spacial score (nSPS) is 19.1. The van der Waals surface area contributed by atoms with Gasteiger partial charge in [0.05, 0.1) is 0 Å². The van der Waals surface area contributed by atoms with Gasteiger partial charge in [0.2, 0.25) is 0 Å². The standard InChI is InChI=1S/C15H31NO/c1-14(2)12-15(8-4-5-9-15)13-16-10-6-7-11-17-3/h14,16H,4-13H2,1-3H3. The van der Waals surface area contributed by atoms with Crippen molar-refractivity contribution in [2.24, 2.45) is 11.3 Å². The molecule has 1 rings (SSSR count). The van der Waals surface area contributed by atoms with Crippen LogP contribution in [0.5, 0.6) is 0 Å². The highest BCUT2D eigenvalue weighted by atomic mass is 16.5. The summed E-state index contributed by atoms with van der Waals surface area (Å²) in [6.45, 7) is 8.01. The Morgan fingerprint density at radius 3 is 2.47 bits per heavy atom. The van der Waals surface area contributed by atoms with Crippen LogP contribution in [0.2, 0.25) is 0 Å². The Morgan fingerprint density at radius 1 is 1.18 bits per heavy atom. The Kier molecular flexibility index (Phi) is 7.14. The molecule has 0 atom stereocenters. The number of methoxy groups -OCH3 is 1. The van der Waals surface area contributed by atoms with Gasteiger partial charge in [0.1, 0.15) is 0 Å². The van der Waals surface area contributed by atoms with Gasteiger partial charge >= 0.3 is 0 Å². The molecular formula is C15H31NO. The molecule has 17 heavy (non-hydrogen) atoms. The van der Waals surface area contributed by atoms with Gasteiger partial charge in [0.15, 0.2) is 0 Å². The summed E-state index contributed by atoms with van der Waals surface area (Å²) >= 11 is 0. The molecule has 0 saturated heterocycles. The van der Waals surface area contributed by atoms with Gasteiger partial charge in [-0.15, -0.1) is 0 Å². The van der Waals surface area contributed by atoms with Gasteiger partial charge in [0.25, 0.3) is 0 Å². The van der Waals surface area contributed by atoms with E-state index in [9.17, 15) is 0 Å². The Hall–Kier alpha value is -0.0800. The van der Waals surface area contributed by atoms with Gasteiger partial charge in [-0.05, 0) is 50.0 Å². The molecule has 0 aliphatic heterocycles. The smallest absolute Gasteiger partial charge is 0.0462 e. The van der Waals surface area contributed by atoms with E-state index >= 15 is 0 Å². The van der Waals surface area contributed by atoms with Crippen LogP contribution in [0.15, 0.2) is 0 Å². The van der Waals surface area contributed by atoms with Crippen molar-refractivity contribution in [2.45, 2.75) is 58.8 Å². The molecule has 1 saturated carbocycles.